The van der Waals surface area contributed by atoms with Gasteiger partial charge in [-0.1, -0.05) is 39.5 Å². The molecule has 1 N–H and O–H groups in total. The van der Waals surface area contributed by atoms with Gasteiger partial charge in [-0.2, -0.15) is 0 Å². The SMILES string of the molecule is CC1CCC(NC2=N[C@@H](C(C)C)CS2)C(C)C1. The second-order valence-corrected chi connectivity index (χ2v) is 7.21. The van der Waals surface area contributed by atoms with Crippen molar-refractivity contribution >= 4 is 16.9 Å². The Morgan fingerprint density at radius 1 is 1.29 bits per heavy atom. The van der Waals surface area contributed by atoms with Gasteiger partial charge in [-0.05, 0) is 37.0 Å². The van der Waals surface area contributed by atoms with Gasteiger partial charge in [-0.3, -0.25) is 4.99 Å². The van der Waals surface area contributed by atoms with Crippen molar-refractivity contribution in [2.24, 2.45) is 22.7 Å². The Kier molecular flexibility index (Phi) is 4.40. The maximum absolute atomic E-state index is 4.80. The molecule has 1 saturated carbocycles. The van der Waals surface area contributed by atoms with Crippen LogP contribution in [0.15, 0.2) is 4.99 Å². The lowest BCUT2D eigenvalue weighted by Gasteiger charge is -2.33. The zero-order chi connectivity index (χ0) is 12.4. The Labute approximate surface area is 110 Å². The van der Waals surface area contributed by atoms with Crippen molar-refractivity contribution in [3.63, 3.8) is 0 Å². The summed E-state index contributed by atoms with van der Waals surface area (Å²) in [6.07, 6.45) is 4.05. The van der Waals surface area contributed by atoms with Crippen molar-refractivity contribution in [2.45, 2.75) is 59.0 Å². The number of hydrogen-bond donors (Lipinski definition) is 1. The third kappa shape index (κ3) is 3.40. The zero-order valence-electron chi connectivity index (χ0n) is 11.6. The molecule has 2 rings (SSSR count). The number of rotatable bonds is 2. The Balaban J connectivity index is 1.87. The molecule has 0 saturated heterocycles. The first kappa shape index (κ1) is 13.3. The molecule has 17 heavy (non-hydrogen) atoms. The maximum atomic E-state index is 4.80. The van der Waals surface area contributed by atoms with E-state index in [0.717, 1.165) is 17.6 Å². The van der Waals surface area contributed by atoms with E-state index in [1.165, 1.54) is 24.4 Å². The summed E-state index contributed by atoms with van der Waals surface area (Å²) in [5.74, 6) is 3.53. The predicted octanol–water partition coefficient (Wildman–Crippen LogP) is 3.53. The van der Waals surface area contributed by atoms with Crippen LogP contribution in [-0.2, 0) is 0 Å². The summed E-state index contributed by atoms with van der Waals surface area (Å²) in [5, 5.41) is 4.89. The molecule has 4 atom stereocenters. The maximum Gasteiger partial charge on any atom is 0.157 e. The van der Waals surface area contributed by atoms with Crippen LogP contribution in [0.2, 0.25) is 0 Å². The summed E-state index contributed by atoms with van der Waals surface area (Å²) in [4.78, 5) is 4.80. The number of thioether (sulfide) groups is 1. The van der Waals surface area contributed by atoms with Gasteiger partial charge in [-0.25, -0.2) is 0 Å². The number of nitrogens with zero attached hydrogens (tertiary/aromatic N) is 1. The molecule has 0 bridgehead atoms. The summed E-state index contributed by atoms with van der Waals surface area (Å²) in [6.45, 7) is 9.29. The minimum Gasteiger partial charge on any atom is -0.362 e. The van der Waals surface area contributed by atoms with Crippen LogP contribution in [0.3, 0.4) is 0 Å². The molecule has 0 aromatic carbocycles. The van der Waals surface area contributed by atoms with Crippen LogP contribution in [-0.4, -0.2) is 23.0 Å². The molecule has 3 heteroatoms. The molecule has 2 nitrogen and oxygen atoms in total. The van der Waals surface area contributed by atoms with Crippen LogP contribution in [0, 0.1) is 17.8 Å². The van der Waals surface area contributed by atoms with Crippen LogP contribution < -0.4 is 5.32 Å². The average molecular weight is 254 g/mol. The topological polar surface area (TPSA) is 24.4 Å². The summed E-state index contributed by atoms with van der Waals surface area (Å²) >= 11 is 1.91. The van der Waals surface area contributed by atoms with Gasteiger partial charge in [0.05, 0.1) is 6.04 Å². The highest BCUT2D eigenvalue weighted by Gasteiger charge is 2.28. The summed E-state index contributed by atoms with van der Waals surface area (Å²) in [5.41, 5.74) is 0. The van der Waals surface area contributed by atoms with Gasteiger partial charge in [0.25, 0.3) is 0 Å². The highest BCUT2D eigenvalue weighted by atomic mass is 32.2. The van der Waals surface area contributed by atoms with Gasteiger partial charge >= 0.3 is 0 Å². The van der Waals surface area contributed by atoms with Crippen LogP contribution in [0.5, 0.6) is 0 Å². The lowest BCUT2D eigenvalue weighted by atomic mass is 9.80. The molecule has 0 aromatic heterocycles. The standard InChI is InChI=1S/C14H26N2S/c1-9(2)13-8-17-14(16-13)15-12-6-5-10(3)7-11(12)4/h9-13H,5-8H2,1-4H3,(H,15,16)/t10?,11?,12?,13-/m1/s1. The average Bonchev–Trinajstić information content (AvgIpc) is 2.71. The van der Waals surface area contributed by atoms with E-state index < -0.39 is 0 Å². The minimum atomic E-state index is 0.528. The van der Waals surface area contributed by atoms with Gasteiger partial charge in [0.2, 0.25) is 0 Å². The van der Waals surface area contributed by atoms with Gasteiger partial charge in [0.1, 0.15) is 0 Å². The van der Waals surface area contributed by atoms with Gasteiger partial charge in [-0.15, -0.1) is 0 Å². The Morgan fingerprint density at radius 3 is 2.65 bits per heavy atom. The molecule has 3 unspecified atom stereocenters. The fraction of sp³-hybridized carbons (Fsp3) is 0.929. The van der Waals surface area contributed by atoms with Crippen molar-refractivity contribution in [3.05, 3.63) is 0 Å². The van der Waals surface area contributed by atoms with Crippen molar-refractivity contribution in [3.8, 4) is 0 Å². The Morgan fingerprint density at radius 2 is 2.06 bits per heavy atom. The molecule has 1 aliphatic carbocycles. The van der Waals surface area contributed by atoms with E-state index in [1.54, 1.807) is 0 Å². The van der Waals surface area contributed by atoms with E-state index in [-0.39, 0.29) is 0 Å². The van der Waals surface area contributed by atoms with E-state index in [4.69, 9.17) is 4.99 Å². The highest BCUT2D eigenvalue weighted by Crippen LogP contribution is 2.30. The molecular formula is C14H26N2S. The van der Waals surface area contributed by atoms with Gasteiger partial charge in [0.15, 0.2) is 5.17 Å². The van der Waals surface area contributed by atoms with E-state index in [9.17, 15) is 0 Å². The molecule has 0 radical (unpaired) electrons. The second kappa shape index (κ2) is 5.64. The van der Waals surface area contributed by atoms with Crippen LogP contribution in [0.25, 0.3) is 0 Å². The highest BCUT2D eigenvalue weighted by molar-refractivity contribution is 8.14. The zero-order valence-corrected chi connectivity index (χ0v) is 12.4. The molecule has 1 aliphatic heterocycles. The van der Waals surface area contributed by atoms with Crippen molar-refractivity contribution in [1.82, 2.24) is 5.32 Å². The molecule has 98 valence electrons. The summed E-state index contributed by atoms with van der Waals surface area (Å²) < 4.78 is 0. The summed E-state index contributed by atoms with van der Waals surface area (Å²) in [7, 11) is 0. The van der Waals surface area contributed by atoms with Crippen molar-refractivity contribution in [2.75, 3.05) is 5.75 Å². The molecule has 1 heterocycles. The third-order valence-corrected chi connectivity index (χ3v) is 5.19. The van der Waals surface area contributed by atoms with Gasteiger partial charge in [0, 0.05) is 11.8 Å². The fourth-order valence-electron chi connectivity index (χ4n) is 2.85. The van der Waals surface area contributed by atoms with Crippen molar-refractivity contribution < 1.29 is 0 Å². The van der Waals surface area contributed by atoms with Crippen LogP contribution >= 0.6 is 11.8 Å². The van der Waals surface area contributed by atoms with E-state index in [0.29, 0.717) is 18.0 Å². The first-order valence-electron chi connectivity index (χ1n) is 7.03. The lowest BCUT2D eigenvalue weighted by Crippen LogP contribution is -2.41. The first-order chi connectivity index (χ1) is 8.06. The molecule has 2 aliphatic rings. The van der Waals surface area contributed by atoms with Crippen LogP contribution in [0.4, 0.5) is 0 Å². The number of hydrogen-bond acceptors (Lipinski definition) is 3. The number of nitrogens with one attached hydrogen (secondary N) is 1. The Hall–Kier alpha value is -0.180. The third-order valence-electron chi connectivity index (χ3n) is 4.18. The number of amidine groups is 1. The fourth-order valence-corrected chi connectivity index (χ4v) is 4.08. The number of aliphatic imine (C=N–C) groups is 1. The quantitative estimate of drug-likeness (QED) is 0.815. The van der Waals surface area contributed by atoms with E-state index in [1.807, 2.05) is 11.8 Å². The molecule has 0 spiro atoms. The molecule has 0 amide bonds. The normalized spacial score (nSPS) is 38.3. The monoisotopic (exact) mass is 254 g/mol. The van der Waals surface area contributed by atoms with E-state index in [2.05, 4.69) is 33.0 Å². The lowest BCUT2D eigenvalue weighted by molar-refractivity contribution is 0.248. The second-order valence-electron chi connectivity index (χ2n) is 6.20. The van der Waals surface area contributed by atoms with Crippen molar-refractivity contribution in [1.29, 1.82) is 0 Å². The molecule has 0 aromatic rings. The smallest absolute Gasteiger partial charge is 0.157 e. The van der Waals surface area contributed by atoms with Crippen LogP contribution in [0.1, 0.15) is 47.0 Å². The molecule has 1 fully saturated rings. The predicted molar refractivity (Wildman–Crippen MR) is 77.6 cm³/mol. The van der Waals surface area contributed by atoms with E-state index >= 15 is 0 Å². The molecular weight excluding hydrogens is 228 g/mol. The minimum absolute atomic E-state index is 0.528. The Bertz CT molecular complexity index is 288. The summed E-state index contributed by atoms with van der Waals surface area (Å²) in [6, 6.07) is 1.18. The largest absolute Gasteiger partial charge is 0.362 e. The first-order valence-corrected chi connectivity index (χ1v) is 8.02. The van der Waals surface area contributed by atoms with Gasteiger partial charge < -0.3 is 5.32 Å².